The summed E-state index contributed by atoms with van der Waals surface area (Å²) in [4.78, 5) is 0. The number of nitrogens with one attached hydrogen (secondary N) is 1. The minimum atomic E-state index is -0.114. The highest BCUT2D eigenvalue weighted by molar-refractivity contribution is 5.30. The van der Waals surface area contributed by atoms with Crippen LogP contribution in [0.3, 0.4) is 0 Å². The topological polar surface area (TPSA) is 58.3 Å². The van der Waals surface area contributed by atoms with Gasteiger partial charge < -0.3 is 16.2 Å². The third kappa shape index (κ3) is 1.61. The number of aliphatic hydroxyl groups is 1. The minimum absolute atomic E-state index is 0.114. The van der Waals surface area contributed by atoms with Gasteiger partial charge in [-0.15, -0.1) is 0 Å². The second-order valence-electron chi connectivity index (χ2n) is 5.42. The molecular weight excluding hydrogens is 212 g/mol. The molecule has 2 aliphatic rings. The maximum atomic E-state index is 9.48. The lowest BCUT2D eigenvalue weighted by Gasteiger charge is -2.40. The molecule has 2 saturated heterocycles. The Morgan fingerprint density at radius 2 is 2.06 bits per heavy atom. The molecule has 0 saturated carbocycles. The van der Waals surface area contributed by atoms with E-state index in [1.807, 2.05) is 6.07 Å². The minimum Gasteiger partial charge on any atom is -0.396 e. The Morgan fingerprint density at radius 1 is 1.29 bits per heavy atom. The van der Waals surface area contributed by atoms with E-state index in [0.29, 0.717) is 12.0 Å². The summed E-state index contributed by atoms with van der Waals surface area (Å²) in [5.41, 5.74) is 7.51. The van der Waals surface area contributed by atoms with Crippen molar-refractivity contribution in [2.45, 2.75) is 36.9 Å². The van der Waals surface area contributed by atoms with Crippen molar-refractivity contribution in [3.63, 3.8) is 0 Å². The van der Waals surface area contributed by atoms with Crippen molar-refractivity contribution >= 4 is 0 Å². The van der Waals surface area contributed by atoms with Crippen LogP contribution in [0.2, 0.25) is 0 Å². The third-order valence-electron chi connectivity index (χ3n) is 4.54. The second kappa shape index (κ2) is 4.09. The number of rotatable bonds is 2. The maximum Gasteiger partial charge on any atom is 0.0594 e. The van der Waals surface area contributed by atoms with Crippen LogP contribution in [0.25, 0.3) is 0 Å². The second-order valence-corrected chi connectivity index (χ2v) is 5.42. The van der Waals surface area contributed by atoms with E-state index in [9.17, 15) is 5.11 Å². The summed E-state index contributed by atoms with van der Waals surface area (Å²) in [5.74, 6) is 0.351. The number of hydrogen-bond acceptors (Lipinski definition) is 3. The van der Waals surface area contributed by atoms with E-state index in [1.54, 1.807) is 0 Å². The van der Waals surface area contributed by atoms with Gasteiger partial charge >= 0.3 is 0 Å². The van der Waals surface area contributed by atoms with Gasteiger partial charge in [0.25, 0.3) is 0 Å². The summed E-state index contributed by atoms with van der Waals surface area (Å²) in [6, 6.07) is 11.0. The van der Waals surface area contributed by atoms with Crippen LogP contribution < -0.4 is 11.1 Å². The molecule has 3 heteroatoms. The van der Waals surface area contributed by atoms with Gasteiger partial charge in [-0.1, -0.05) is 30.3 Å². The zero-order valence-corrected chi connectivity index (χ0v) is 9.97. The van der Waals surface area contributed by atoms with Gasteiger partial charge in [0.2, 0.25) is 0 Å². The molecule has 0 spiro atoms. The van der Waals surface area contributed by atoms with Crippen LogP contribution in [0.1, 0.15) is 24.8 Å². The largest absolute Gasteiger partial charge is 0.396 e. The highest BCUT2D eigenvalue weighted by Crippen LogP contribution is 2.44. The molecule has 17 heavy (non-hydrogen) atoms. The highest BCUT2D eigenvalue weighted by atomic mass is 16.3. The summed E-state index contributed by atoms with van der Waals surface area (Å²) in [6.45, 7) is 0.263. The number of hydrogen-bond donors (Lipinski definition) is 3. The highest BCUT2D eigenvalue weighted by Gasteiger charge is 2.51. The van der Waals surface area contributed by atoms with Crippen molar-refractivity contribution in [3.05, 3.63) is 35.9 Å². The smallest absolute Gasteiger partial charge is 0.0594 e. The lowest BCUT2D eigenvalue weighted by Crippen LogP contribution is -2.57. The zero-order chi connectivity index (χ0) is 11.9. The maximum absolute atomic E-state index is 9.48. The number of fused-ring (bicyclic) bond motifs is 2. The van der Waals surface area contributed by atoms with Crippen LogP contribution in [-0.2, 0) is 5.54 Å². The van der Waals surface area contributed by atoms with Crippen LogP contribution in [0, 0.1) is 5.92 Å². The molecule has 0 radical (unpaired) electrons. The Hall–Kier alpha value is -0.900. The lowest BCUT2D eigenvalue weighted by molar-refractivity contribution is 0.209. The van der Waals surface area contributed by atoms with Gasteiger partial charge in [0.15, 0.2) is 0 Å². The quantitative estimate of drug-likeness (QED) is 0.712. The SMILES string of the molecule is N[C@@H]1CC[C@@H]2N[C@@]1(c1ccccc1)C[C@H]2CO. The van der Waals surface area contributed by atoms with Gasteiger partial charge in [-0.05, 0) is 30.7 Å². The van der Waals surface area contributed by atoms with Gasteiger partial charge in [0, 0.05) is 18.7 Å². The van der Waals surface area contributed by atoms with Crippen LogP contribution in [0.15, 0.2) is 30.3 Å². The molecule has 4 N–H and O–H groups in total. The van der Waals surface area contributed by atoms with E-state index >= 15 is 0 Å². The number of nitrogens with two attached hydrogens (primary N) is 1. The Kier molecular flexibility index (Phi) is 2.69. The summed E-state index contributed by atoms with van der Waals surface area (Å²) >= 11 is 0. The Bertz CT molecular complexity index is 394. The Labute approximate surface area is 102 Å². The standard InChI is InChI=1S/C14H20N2O/c15-13-7-6-12-10(9-17)8-14(13,16-12)11-4-2-1-3-5-11/h1-5,10,12-13,16-17H,6-9,15H2/t10-,12-,13+,14+/m0/s1. The molecule has 2 heterocycles. The van der Waals surface area contributed by atoms with Gasteiger partial charge in [-0.2, -0.15) is 0 Å². The van der Waals surface area contributed by atoms with Gasteiger partial charge in [0.1, 0.15) is 0 Å². The molecule has 4 atom stereocenters. The van der Waals surface area contributed by atoms with Gasteiger partial charge in [-0.3, -0.25) is 0 Å². The molecule has 0 unspecified atom stereocenters. The third-order valence-corrected chi connectivity index (χ3v) is 4.54. The van der Waals surface area contributed by atoms with E-state index in [1.165, 1.54) is 5.56 Å². The van der Waals surface area contributed by atoms with Gasteiger partial charge in [0.05, 0.1) is 5.54 Å². The average Bonchev–Trinajstić information content (AvgIpc) is 2.71. The first-order valence-corrected chi connectivity index (χ1v) is 6.46. The van der Waals surface area contributed by atoms with Crippen LogP contribution in [0.4, 0.5) is 0 Å². The van der Waals surface area contributed by atoms with Crippen LogP contribution in [-0.4, -0.2) is 23.8 Å². The fraction of sp³-hybridized carbons (Fsp3) is 0.571. The van der Waals surface area contributed by atoms with E-state index in [0.717, 1.165) is 19.3 Å². The average molecular weight is 232 g/mol. The first-order valence-electron chi connectivity index (χ1n) is 6.46. The molecule has 2 fully saturated rings. The summed E-state index contributed by atoms with van der Waals surface area (Å²) in [7, 11) is 0. The molecule has 0 aromatic heterocycles. The molecule has 0 amide bonds. The molecule has 1 aromatic carbocycles. The van der Waals surface area contributed by atoms with Crippen molar-refractivity contribution in [1.82, 2.24) is 5.32 Å². The lowest BCUT2D eigenvalue weighted by atomic mass is 9.79. The van der Waals surface area contributed by atoms with Crippen molar-refractivity contribution in [2.24, 2.45) is 11.7 Å². The molecular formula is C14H20N2O. The summed E-state index contributed by atoms with van der Waals surface area (Å²) in [6.07, 6.45) is 3.09. The molecule has 0 aliphatic carbocycles. The van der Waals surface area contributed by atoms with Crippen LogP contribution >= 0.6 is 0 Å². The molecule has 2 bridgehead atoms. The molecule has 1 aromatic rings. The van der Waals surface area contributed by atoms with Crippen molar-refractivity contribution in [3.8, 4) is 0 Å². The van der Waals surface area contributed by atoms with Crippen molar-refractivity contribution in [1.29, 1.82) is 0 Å². The number of piperidine rings is 1. The van der Waals surface area contributed by atoms with Crippen molar-refractivity contribution in [2.75, 3.05) is 6.61 Å². The molecule has 2 aliphatic heterocycles. The fourth-order valence-corrected chi connectivity index (χ4v) is 3.58. The molecule has 3 rings (SSSR count). The molecule has 3 nitrogen and oxygen atoms in total. The predicted octanol–water partition coefficient (Wildman–Crippen LogP) is 0.973. The van der Waals surface area contributed by atoms with Crippen LogP contribution in [0.5, 0.6) is 0 Å². The van der Waals surface area contributed by atoms with E-state index in [4.69, 9.17) is 5.73 Å². The normalized spacial score (nSPS) is 40.5. The number of benzene rings is 1. The number of aliphatic hydroxyl groups excluding tert-OH is 1. The van der Waals surface area contributed by atoms with E-state index in [2.05, 4.69) is 29.6 Å². The van der Waals surface area contributed by atoms with E-state index in [-0.39, 0.29) is 18.2 Å². The first-order chi connectivity index (χ1) is 8.26. The first kappa shape index (κ1) is 11.2. The summed E-state index contributed by atoms with van der Waals surface area (Å²) in [5, 5.41) is 13.2. The summed E-state index contributed by atoms with van der Waals surface area (Å²) < 4.78 is 0. The van der Waals surface area contributed by atoms with E-state index < -0.39 is 0 Å². The van der Waals surface area contributed by atoms with Crippen molar-refractivity contribution < 1.29 is 5.11 Å². The Morgan fingerprint density at radius 3 is 2.76 bits per heavy atom. The van der Waals surface area contributed by atoms with Gasteiger partial charge in [-0.25, -0.2) is 0 Å². The fourth-order valence-electron chi connectivity index (χ4n) is 3.58. The monoisotopic (exact) mass is 232 g/mol. The molecule has 92 valence electrons. The zero-order valence-electron chi connectivity index (χ0n) is 9.97. The Balaban J connectivity index is 2.00. The predicted molar refractivity (Wildman–Crippen MR) is 67.4 cm³/mol.